The first kappa shape index (κ1) is 22.4. The Bertz CT molecular complexity index is 1140. The molecule has 3 aromatic carbocycles. The van der Waals surface area contributed by atoms with Crippen LogP contribution in [0.4, 0.5) is 5.69 Å². The van der Waals surface area contributed by atoms with Crippen LogP contribution in [0.2, 0.25) is 0 Å². The minimum absolute atomic E-state index is 0.0623. The molecule has 0 saturated heterocycles. The highest BCUT2D eigenvalue weighted by atomic mass is 32.2. The molecule has 0 unspecified atom stereocenters. The number of carbonyl (C=O) groups is 1. The van der Waals surface area contributed by atoms with E-state index in [0.717, 1.165) is 24.0 Å². The molecule has 0 atom stereocenters. The fourth-order valence-corrected chi connectivity index (χ4v) is 4.35. The summed E-state index contributed by atoms with van der Waals surface area (Å²) in [5, 5.41) is 12.1. The summed E-state index contributed by atoms with van der Waals surface area (Å²) >= 11 is 0. The van der Waals surface area contributed by atoms with E-state index >= 15 is 0 Å². The van der Waals surface area contributed by atoms with Gasteiger partial charge in [0.15, 0.2) is 0 Å². The minimum atomic E-state index is -3.79. The Labute approximate surface area is 183 Å². The normalized spacial score (nSPS) is 11.2. The molecule has 0 aromatic heterocycles. The molecule has 1 amide bonds. The van der Waals surface area contributed by atoms with Crippen molar-refractivity contribution in [3.05, 3.63) is 89.5 Å². The van der Waals surface area contributed by atoms with Crippen molar-refractivity contribution in [2.75, 3.05) is 17.9 Å². The third-order valence-corrected chi connectivity index (χ3v) is 6.80. The second kappa shape index (κ2) is 9.66. The topological polar surface area (TPSA) is 86.7 Å². The van der Waals surface area contributed by atoms with Gasteiger partial charge in [-0.25, -0.2) is 8.42 Å². The first-order valence-corrected chi connectivity index (χ1v) is 11.4. The number of rotatable bonds is 8. The first-order chi connectivity index (χ1) is 14.8. The summed E-state index contributed by atoms with van der Waals surface area (Å²) in [7, 11) is -2.30. The Hall–Kier alpha value is -3.32. The second-order valence-electron chi connectivity index (χ2n) is 7.36. The Morgan fingerprint density at radius 2 is 1.68 bits per heavy atom. The number of nitrogens with zero attached hydrogens (tertiary/aromatic N) is 1. The zero-order chi connectivity index (χ0) is 22.4. The van der Waals surface area contributed by atoms with Crippen LogP contribution < -0.4 is 9.62 Å². The van der Waals surface area contributed by atoms with Crippen LogP contribution in [0.1, 0.15) is 27.9 Å². The van der Waals surface area contributed by atoms with Gasteiger partial charge in [0.2, 0.25) is 0 Å². The van der Waals surface area contributed by atoms with Crippen molar-refractivity contribution >= 4 is 21.6 Å². The van der Waals surface area contributed by atoms with Crippen LogP contribution in [-0.2, 0) is 16.4 Å². The zero-order valence-electron chi connectivity index (χ0n) is 17.6. The Kier molecular flexibility index (Phi) is 6.97. The molecule has 0 aliphatic carbocycles. The average molecular weight is 439 g/mol. The molecule has 3 aromatic rings. The number of anilines is 1. The van der Waals surface area contributed by atoms with E-state index in [9.17, 15) is 18.3 Å². The van der Waals surface area contributed by atoms with E-state index in [2.05, 4.69) is 5.32 Å². The van der Waals surface area contributed by atoms with E-state index in [0.29, 0.717) is 17.8 Å². The third-order valence-electron chi connectivity index (χ3n) is 5.02. The van der Waals surface area contributed by atoms with Crippen LogP contribution in [0.3, 0.4) is 0 Å². The smallest absolute Gasteiger partial charge is 0.264 e. The van der Waals surface area contributed by atoms with E-state index < -0.39 is 10.0 Å². The van der Waals surface area contributed by atoms with Crippen LogP contribution in [0.25, 0.3) is 0 Å². The van der Waals surface area contributed by atoms with Gasteiger partial charge in [-0.15, -0.1) is 0 Å². The largest absolute Gasteiger partial charge is 0.508 e. The molecule has 0 aliphatic heterocycles. The number of hydrogen-bond donors (Lipinski definition) is 2. The molecule has 2 N–H and O–H groups in total. The number of nitrogens with one attached hydrogen (secondary N) is 1. The van der Waals surface area contributed by atoms with Crippen LogP contribution >= 0.6 is 0 Å². The van der Waals surface area contributed by atoms with Crippen molar-refractivity contribution in [1.82, 2.24) is 5.32 Å². The van der Waals surface area contributed by atoms with Gasteiger partial charge in [0.25, 0.3) is 15.9 Å². The van der Waals surface area contributed by atoms with Crippen molar-refractivity contribution in [2.24, 2.45) is 0 Å². The van der Waals surface area contributed by atoms with E-state index in [1.165, 1.54) is 23.5 Å². The quantitative estimate of drug-likeness (QED) is 0.523. The van der Waals surface area contributed by atoms with Gasteiger partial charge in [0.05, 0.1) is 10.6 Å². The number of aryl methyl sites for hydroxylation is 2. The molecule has 0 aliphatic rings. The number of amides is 1. The predicted octanol–water partition coefficient (Wildman–Crippen LogP) is 3.89. The highest BCUT2D eigenvalue weighted by Gasteiger charge is 2.22. The van der Waals surface area contributed by atoms with Crippen molar-refractivity contribution in [2.45, 2.75) is 24.7 Å². The maximum atomic E-state index is 13.0. The summed E-state index contributed by atoms with van der Waals surface area (Å²) in [6.45, 7) is 2.39. The average Bonchev–Trinajstić information content (AvgIpc) is 2.78. The number of phenolic OH excluding ortho intramolecular Hbond substituents is 1. The number of phenols is 1. The van der Waals surface area contributed by atoms with Crippen molar-refractivity contribution in [1.29, 1.82) is 0 Å². The van der Waals surface area contributed by atoms with Crippen molar-refractivity contribution in [3.63, 3.8) is 0 Å². The van der Waals surface area contributed by atoms with Gasteiger partial charge in [0.1, 0.15) is 5.75 Å². The lowest BCUT2D eigenvalue weighted by molar-refractivity contribution is 0.0953. The first-order valence-electron chi connectivity index (χ1n) is 9.99. The highest BCUT2D eigenvalue weighted by molar-refractivity contribution is 7.92. The van der Waals surface area contributed by atoms with E-state index in [1.54, 1.807) is 36.4 Å². The van der Waals surface area contributed by atoms with Gasteiger partial charge in [-0.3, -0.25) is 9.10 Å². The molecule has 0 radical (unpaired) electrons. The number of benzene rings is 3. The van der Waals surface area contributed by atoms with E-state index in [1.807, 2.05) is 31.2 Å². The van der Waals surface area contributed by atoms with E-state index in [4.69, 9.17) is 0 Å². The maximum Gasteiger partial charge on any atom is 0.264 e. The summed E-state index contributed by atoms with van der Waals surface area (Å²) in [6, 6.07) is 20.2. The van der Waals surface area contributed by atoms with Gasteiger partial charge in [-0.2, -0.15) is 0 Å². The summed E-state index contributed by atoms with van der Waals surface area (Å²) in [5.41, 5.74) is 2.95. The molecule has 0 spiro atoms. The predicted molar refractivity (Wildman–Crippen MR) is 122 cm³/mol. The lowest BCUT2D eigenvalue weighted by Gasteiger charge is -2.20. The second-order valence-corrected chi connectivity index (χ2v) is 9.33. The number of carbonyl (C=O) groups excluding carboxylic acids is 1. The molecule has 31 heavy (non-hydrogen) atoms. The fourth-order valence-electron chi connectivity index (χ4n) is 3.11. The Morgan fingerprint density at radius 3 is 2.35 bits per heavy atom. The lowest BCUT2D eigenvalue weighted by atomic mass is 10.1. The number of hydrogen-bond acceptors (Lipinski definition) is 4. The summed E-state index contributed by atoms with van der Waals surface area (Å²) in [4.78, 5) is 12.6. The molecule has 7 heteroatoms. The molecule has 0 heterocycles. The van der Waals surface area contributed by atoms with Crippen LogP contribution in [0, 0.1) is 6.92 Å². The fraction of sp³-hybridized carbons (Fsp3) is 0.208. The van der Waals surface area contributed by atoms with Crippen LogP contribution in [0.15, 0.2) is 77.7 Å². The minimum Gasteiger partial charge on any atom is -0.508 e. The molecule has 0 bridgehead atoms. The molecule has 6 nitrogen and oxygen atoms in total. The van der Waals surface area contributed by atoms with Crippen molar-refractivity contribution in [3.8, 4) is 5.75 Å². The highest BCUT2D eigenvalue weighted by Crippen LogP contribution is 2.23. The standard InChI is InChI=1S/C24H26N2O4S/c1-18-8-12-21(13-9-18)26(2)31(29,30)23-7-3-6-20(17-23)24(28)25-16-4-5-19-10-14-22(27)15-11-19/h3,6-15,17,27H,4-5,16H2,1-2H3,(H,25,28). The molecule has 3 rings (SSSR count). The van der Waals surface area contributed by atoms with Crippen LogP contribution in [0.5, 0.6) is 5.75 Å². The SMILES string of the molecule is Cc1ccc(N(C)S(=O)(=O)c2cccc(C(=O)NCCCc3ccc(O)cc3)c2)cc1. The van der Waals surface area contributed by atoms with Gasteiger partial charge < -0.3 is 10.4 Å². The zero-order valence-corrected chi connectivity index (χ0v) is 18.4. The summed E-state index contributed by atoms with van der Waals surface area (Å²) in [5.74, 6) is -0.0966. The Morgan fingerprint density at radius 1 is 1.00 bits per heavy atom. The number of sulfonamides is 1. The summed E-state index contributed by atoms with van der Waals surface area (Å²) < 4.78 is 27.2. The third kappa shape index (κ3) is 5.64. The molecular weight excluding hydrogens is 412 g/mol. The molecule has 0 fully saturated rings. The molecule has 0 saturated carbocycles. The van der Waals surface area contributed by atoms with E-state index in [-0.39, 0.29) is 16.6 Å². The van der Waals surface area contributed by atoms with Crippen molar-refractivity contribution < 1.29 is 18.3 Å². The van der Waals surface area contributed by atoms with Gasteiger partial charge in [-0.1, -0.05) is 35.9 Å². The van der Waals surface area contributed by atoms with Gasteiger partial charge >= 0.3 is 0 Å². The Balaban J connectivity index is 1.63. The molecule has 162 valence electrons. The van der Waals surface area contributed by atoms with Gasteiger partial charge in [-0.05, 0) is 67.8 Å². The lowest BCUT2D eigenvalue weighted by Crippen LogP contribution is -2.28. The monoisotopic (exact) mass is 438 g/mol. The van der Waals surface area contributed by atoms with Gasteiger partial charge in [0, 0.05) is 19.2 Å². The maximum absolute atomic E-state index is 13.0. The molecular formula is C24H26N2O4S. The van der Waals surface area contributed by atoms with Crippen LogP contribution in [-0.4, -0.2) is 33.0 Å². The summed E-state index contributed by atoms with van der Waals surface area (Å²) in [6.07, 6.45) is 1.49. The number of aromatic hydroxyl groups is 1.